The smallest absolute Gasteiger partial charge is 0.269 e. The number of hydrogen-bond donors (Lipinski definition) is 3. The highest BCUT2D eigenvalue weighted by molar-refractivity contribution is 7.95. The number of aryl methyl sites for hydroxylation is 1. The normalized spacial score (nSPS) is 12.8. The maximum Gasteiger partial charge on any atom is 0.269 e. The third-order valence-corrected chi connectivity index (χ3v) is 13.3. The maximum absolute atomic E-state index is 12.4. The summed E-state index contributed by atoms with van der Waals surface area (Å²) in [6.07, 6.45) is 14.4. The average Bonchev–Trinajstić information content (AvgIpc) is 3.54. The van der Waals surface area contributed by atoms with E-state index < -0.39 is 30.9 Å². The fourth-order valence-corrected chi connectivity index (χ4v) is 10.5. The number of benzene rings is 3. The number of aromatic nitrogens is 2. The largest absolute Gasteiger partial charge is 0.394 e. The first kappa shape index (κ1) is 35.9. The lowest BCUT2D eigenvalue weighted by molar-refractivity contribution is -0.384. The summed E-state index contributed by atoms with van der Waals surface area (Å²) in [7, 11) is 0.175. The van der Waals surface area contributed by atoms with Gasteiger partial charge in [0.2, 0.25) is 5.91 Å². The first-order chi connectivity index (χ1) is 22.8. The molecule has 3 aromatic carbocycles. The van der Waals surface area contributed by atoms with Crippen molar-refractivity contribution in [1.29, 1.82) is 0 Å². The van der Waals surface area contributed by atoms with Crippen LogP contribution in [0.3, 0.4) is 0 Å². The molecule has 0 fully saturated rings. The van der Waals surface area contributed by atoms with Crippen molar-refractivity contribution in [3.8, 4) is 0 Å². The third kappa shape index (κ3) is 10.0. The number of non-ortho nitro benzene ring substituents is 1. The van der Waals surface area contributed by atoms with Crippen LogP contribution in [0.5, 0.6) is 0 Å². The number of unbranched alkanes of at least 4 members (excludes halogenated alkanes) is 8. The van der Waals surface area contributed by atoms with Gasteiger partial charge in [-0.2, -0.15) is 5.10 Å². The zero-order valence-electron chi connectivity index (χ0n) is 27.3. The zero-order valence-corrected chi connectivity index (χ0v) is 28.2. The number of carbonyl (C=O) groups excluding carboxylic acids is 1. The van der Waals surface area contributed by atoms with Gasteiger partial charge >= 0.3 is 0 Å². The number of nitro groups is 1. The van der Waals surface area contributed by atoms with Crippen molar-refractivity contribution in [2.45, 2.75) is 76.4 Å². The van der Waals surface area contributed by atoms with E-state index in [-0.39, 0.29) is 11.6 Å². The quantitative estimate of drug-likeness (QED) is 0.0481. The molecule has 0 spiro atoms. The molecule has 2 unspecified atom stereocenters. The number of hydrogen-bond acceptors (Lipinski definition) is 6. The lowest BCUT2D eigenvalue weighted by Gasteiger charge is -2.26. The van der Waals surface area contributed by atoms with Crippen LogP contribution in [-0.4, -0.2) is 49.6 Å². The van der Waals surface area contributed by atoms with Gasteiger partial charge in [-0.1, -0.05) is 74.9 Å². The zero-order chi connectivity index (χ0) is 33.5. The van der Waals surface area contributed by atoms with Crippen molar-refractivity contribution in [2.75, 3.05) is 12.8 Å². The molecular formula is C37H48N4O5P+. The topological polar surface area (TPSA) is 131 Å². The minimum Gasteiger partial charge on any atom is -0.394 e. The average molecular weight is 660 g/mol. The minimum absolute atomic E-state index is 0.0859. The molecule has 0 radical (unpaired) electrons. The molecule has 0 aliphatic rings. The van der Waals surface area contributed by atoms with E-state index in [1.54, 1.807) is 0 Å². The van der Waals surface area contributed by atoms with Crippen molar-refractivity contribution < 1.29 is 19.9 Å². The highest BCUT2D eigenvalue weighted by Crippen LogP contribution is 2.56. The highest BCUT2D eigenvalue weighted by Gasteiger charge is 2.45. The molecule has 10 heteroatoms. The van der Waals surface area contributed by atoms with Gasteiger partial charge in [0.1, 0.15) is 29.3 Å². The van der Waals surface area contributed by atoms with E-state index in [1.165, 1.54) is 65.9 Å². The molecule has 1 amide bonds. The lowest BCUT2D eigenvalue weighted by atomic mass is 10.0. The number of aliphatic hydroxyl groups is 2. The molecule has 0 aliphatic heterocycles. The van der Waals surface area contributed by atoms with Crippen LogP contribution in [0.2, 0.25) is 0 Å². The van der Waals surface area contributed by atoms with Crippen molar-refractivity contribution in [1.82, 2.24) is 15.1 Å². The summed E-state index contributed by atoms with van der Waals surface area (Å²) in [5, 5.41) is 42.5. The standard InChI is InChI=1S/C37H47N4O5P/c1-40-28-34(27-38-40)47(32-17-11-9-12-18-32,33-19-13-10-14-20-33)26-16-8-6-4-2-3-5-7-15-21-36(43)39-35(29-42)37(44)30-22-24-31(25-23-30)41(45)46/h9-14,17-20,22-25,27-28,35,37,42,44H,2-8,15-16,21,26,29H2,1H3/p+1. The van der Waals surface area contributed by atoms with Crippen molar-refractivity contribution in [3.05, 3.63) is 113 Å². The van der Waals surface area contributed by atoms with Crippen molar-refractivity contribution in [2.24, 2.45) is 7.05 Å². The molecule has 250 valence electrons. The van der Waals surface area contributed by atoms with Crippen LogP contribution in [0.1, 0.15) is 75.9 Å². The summed E-state index contributed by atoms with van der Waals surface area (Å²) in [5.41, 5.74) is 0.314. The Morgan fingerprint density at radius 2 is 1.36 bits per heavy atom. The molecule has 0 saturated heterocycles. The molecule has 0 bridgehead atoms. The van der Waals surface area contributed by atoms with Crippen LogP contribution >= 0.6 is 7.26 Å². The van der Waals surface area contributed by atoms with E-state index in [0.29, 0.717) is 12.0 Å². The molecule has 0 saturated carbocycles. The SMILES string of the molecule is Cn1cc([P+](CCCCCCCCCCCC(=O)NC(CO)C(O)c2ccc([N+](=O)[O-])cc2)(c2ccccc2)c2ccccc2)cn1. The van der Waals surface area contributed by atoms with Crippen LogP contribution in [0.15, 0.2) is 97.3 Å². The van der Waals surface area contributed by atoms with Crippen molar-refractivity contribution >= 4 is 34.8 Å². The fourth-order valence-electron chi connectivity index (χ4n) is 6.21. The number of amides is 1. The van der Waals surface area contributed by atoms with Gasteiger partial charge in [-0.05, 0) is 61.2 Å². The van der Waals surface area contributed by atoms with Crippen LogP contribution < -0.4 is 21.2 Å². The Morgan fingerprint density at radius 1 is 0.830 bits per heavy atom. The molecule has 3 N–H and O–H groups in total. The Morgan fingerprint density at radius 3 is 1.85 bits per heavy atom. The summed E-state index contributed by atoms with van der Waals surface area (Å²) in [5.74, 6) is -0.221. The number of rotatable bonds is 20. The second-order valence-corrected chi connectivity index (χ2v) is 15.8. The summed E-state index contributed by atoms with van der Waals surface area (Å²) < 4.78 is 1.92. The Kier molecular flexibility index (Phi) is 14.1. The van der Waals surface area contributed by atoms with Gasteiger partial charge < -0.3 is 15.5 Å². The van der Waals surface area contributed by atoms with E-state index in [4.69, 9.17) is 0 Å². The first-order valence-corrected chi connectivity index (χ1v) is 18.6. The fraction of sp³-hybridized carbons (Fsp3) is 0.405. The highest BCUT2D eigenvalue weighted by atomic mass is 31.2. The summed E-state index contributed by atoms with van der Waals surface area (Å²) in [6, 6.07) is 26.5. The molecule has 1 heterocycles. The lowest BCUT2D eigenvalue weighted by Crippen LogP contribution is -2.41. The van der Waals surface area contributed by atoms with E-state index in [9.17, 15) is 25.1 Å². The molecule has 4 aromatic rings. The Bertz CT molecular complexity index is 1480. The summed E-state index contributed by atoms with van der Waals surface area (Å²) >= 11 is 0. The molecule has 0 aliphatic carbocycles. The van der Waals surface area contributed by atoms with E-state index >= 15 is 0 Å². The van der Waals surface area contributed by atoms with Crippen LogP contribution in [0.25, 0.3) is 0 Å². The van der Waals surface area contributed by atoms with E-state index in [2.05, 4.69) is 83.5 Å². The van der Waals surface area contributed by atoms with Gasteiger partial charge in [-0.3, -0.25) is 19.6 Å². The van der Waals surface area contributed by atoms with Crippen LogP contribution in [-0.2, 0) is 11.8 Å². The molecule has 9 nitrogen and oxygen atoms in total. The summed E-state index contributed by atoms with van der Waals surface area (Å²) in [6.45, 7) is -0.436. The van der Waals surface area contributed by atoms with Gasteiger partial charge in [0.25, 0.3) is 5.69 Å². The second-order valence-electron chi connectivity index (χ2n) is 12.2. The Balaban J connectivity index is 1.15. The molecule has 2 atom stereocenters. The third-order valence-electron chi connectivity index (χ3n) is 8.79. The molecular weight excluding hydrogens is 611 g/mol. The van der Waals surface area contributed by atoms with Gasteiger partial charge in [0, 0.05) is 25.6 Å². The predicted molar refractivity (Wildman–Crippen MR) is 190 cm³/mol. The summed E-state index contributed by atoms with van der Waals surface area (Å²) in [4.78, 5) is 22.8. The molecule has 4 rings (SSSR count). The number of nitro benzene ring substituents is 1. The van der Waals surface area contributed by atoms with Gasteiger partial charge in [0.15, 0.2) is 0 Å². The predicted octanol–water partition coefficient (Wildman–Crippen LogP) is 5.73. The monoisotopic (exact) mass is 659 g/mol. The number of aliphatic hydroxyl groups excluding tert-OH is 2. The molecule has 47 heavy (non-hydrogen) atoms. The number of nitrogens with one attached hydrogen (secondary N) is 1. The Labute approximate surface area is 278 Å². The maximum atomic E-state index is 12.4. The minimum atomic E-state index is -1.82. The van der Waals surface area contributed by atoms with Crippen LogP contribution in [0, 0.1) is 10.1 Å². The number of carbonyl (C=O) groups is 1. The first-order valence-electron chi connectivity index (χ1n) is 16.7. The van der Waals surface area contributed by atoms with Gasteiger partial charge in [-0.15, -0.1) is 0 Å². The number of nitrogens with zero attached hydrogens (tertiary/aromatic N) is 3. The molecule has 1 aromatic heterocycles. The van der Waals surface area contributed by atoms with Crippen LogP contribution in [0.4, 0.5) is 5.69 Å². The van der Waals surface area contributed by atoms with Crippen molar-refractivity contribution in [3.63, 3.8) is 0 Å². The van der Waals surface area contributed by atoms with Gasteiger partial charge in [-0.25, -0.2) is 0 Å². The Hall–Kier alpha value is -3.91. The second kappa shape index (κ2) is 18.4. The van der Waals surface area contributed by atoms with E-state index in [1.807, 2.05) is 11.7 Å². The van der Waals surface area contributed by atoms with Gasteiger partial charge in [0.05, 0.1) is 36.1 Å². The van der Waals surface area contributed by atoms with E-state index in [0.717, 1.165) is 38.3 Å².